The SMILES string of the molecule is Cl.Clc1cccc(CNc2nccc(-c3cnc4c(NCCN5CCOCC5)nccn34)n2)c1. The van der Waals surface area contributed by atoms with E-state index in [0.29, 0.717) is 17.5 Å². The van der Waals surface area contributed by atoms with Crippen LogP contribution in [0, 0.1) is 0 Å². The number of nitrogens with zero attached hydrogens (tertiary/aromatic N) is 6. The molecule has 1 aromatic carbocycles. The minimum atomic E-state index is 0. The number of imidazole rings is 1. The first kappa shape index (κ1) is 24.2. The first-order chi connectivity index (χ1) is 16.3. The Bertz CT molecular complexity index is 1230. The van der Waals surface area contributed by atoms with Crippen LogP contribution in [-0.2, 0) is 11.3 Å². The van der Waals surface area contributed by atoms with Crippen LogP contribution in [0.4, 0.5) is 11.8 Å². The summed E-state index contributed by atoms with van der Waals surface area (Å²) in [6, 6.07) is 9.58. The number of fused-ring (bicyclic) bond motifs is 1. The second-order valence-electron chi connectivity index (χ2n) is 7.74. The smallest absolute Gasteiger partial charge is 0.223 e. The summed E-state index contributed by atoms with van der Waals surface area (Å²) in [7, 11) is 0. The number of halogens is 2. The van der Waals surface area contributed by atoms with Crippen molar-refractivity contribution in [1.82, 2.24) is 29.2 Å². The zero-order valence-corrected chi connectivity index (χ0v) is 20.1. The van der Waals surface area contributed by atoms with E-state index in [4.69, 9.17) is 16.3 Å². The number of hydrogen-bond donors (Lipinski definition) is 2. The predicted octanol–water partition coefficient (Wildman–Crippen LogP) is 3.62. The molecule has 0 atom stereocenters. The van der Waals surface area contributed by atoms with Crippen molar-refractivity contribution < 1.29 is 4.74 Å². The summed E-state index contributed by atoms with van der Waals surface area (Å²) in [4.78, 5) is 20.5. The van der Waals surface area contributed by atoms with E-state index in [1.54, 1.807) is 12.4 Å². The van der Waals surface area contributed by atoms with Gasteiger partial charge in [0.1, 0.15) is 0 Å². The number of morpholine rings is 1. The zero-order chi connectivity index (χ0) is 22.5. The molecule has 0 saturated carbocycles. The molecule has 9 nitrogen and oxygen atoms in total. The molecule has 3 aromatic heterocycles. The molecule has 5 rings (SSSR count). The maximum Gasteiger partial charge on any atom is 0.223 e. The van der Waals surface area contributed by atoms with E-state index in [9.17, 15) is 0 Å². The fourth-order valence-electron chi connectivity index (χ4n) is 3.81. The standard InChI is InChI=1S/C23H25ClN8O.ClH/c24-18-3-1-2-17(14-18)15-29-23-27-5-4-19(30-23)20-16-28-22-21(26-7-9-32(20)22)25-6-8-31-10-12-33-13-11-31;/h1-5,7,9,14,16H,6,8,10-13,15H2,(H,25,26)(H,27,29,30);1H. The summed E-state index contributed by atoms with van der Waals surface area (Å²) in [5.41, 5.74) is 3.47. The molecule has 0 aliphatic carbocycles. The lowest BCUT2D eigenvalue weighted by molar-refractivity contribution is 0.0398. The molecule has 0 bridgehead atoms. The van der Waals surface area contributed by atoms with Crippen molar-refractivity contribution in [2.75, 3.05) is 50.0 Å². The van der Waals surface area contributed by atoms with Gasteiger partial charge >= 0.3 is 0 Å². The molecule has 0 spiro atoms. The van der Waals surface area contributed by atoms with Crippen molar-refractivity contribution in [1.29, 1.82) is 0 Å². The lowest BCUT2D eigenvalue weighted by Gasteiger charge is -2.26. The van der Waals surface area contributed by atoms with Gasteiger partial charge in [-0.25, -0.2) is 19.9 Å². The zero-order valence-electron chi connectivity index (χ0n) is 18.5. The van der Waals surface area contributed by atoms with Gasteiger partial charge < -0.3 is 15.4 Å². The lowest BCUT2D eigenvalue weighted by Crippen LogP contribution is -2.39. The molecule has 0 radical (unpaired) electrons. The number of anilines is 2. The average Bonchev–Trinajstić information content (AvgIpc) is 3.29. The van der Waals surface area contributed by atoms with E-state index in [0.717, 1.165) is 67.8 Å². The highest BCUT2D eigenvalue weighted by molar-refractivity contribution is 6.30. The fraction of sp³-hybridized carbons (Fsp3) is 0.304. The van der Waals surface area contributed by atoms with Gasteiger partial charge in [0.15, 0.2) is 11.5 Å². The Morgan fingerprint density at radius 1 is 1.03 bits per heavy atom. The van der Waals surface area contributed by atoms with Gasteiger partial charge in [0.25, 0.3) is 0 Å². The number of benzene rings is 1. The first-order valence-corrected chi connectivity index (χ1v) is 11.3. The Balaban J connectivity index is 0.00000274. The third-order valence-electron chi connectivity index (χ3n) is 5.51. The van der Waals surface area contributed by atoms with Crippen LogP contribution in [0.15, 0.2) is 55.1 Å². The van der Waals surface area contributed by atoms with Crippen molar-refractivity contribution in [3.8, 4) is 11.4 Å². The van der Waals surface area contributed by atoms with Gasteiger partial charge in [-0.15, -0.1) is 12.4 Å². The molecule has 4 heterocycles. The highest BCUT2D eigenvalue weighted by Gasteiger charge is 2.13. The van der Waals surface area contributed by atoms with Crippen molar-refractivity contribution in [3.05, 3.63) is 65.7 Å². The van der Waals surface area contributed by atoms with Gasteiger partial charge in [0, 0.05) is 56.3 Å². The van der Waals surface area contributed by atoms with Crippen LogP contribution in [0.3, 0.4) is 0 Å². The minimum Gasteiger partial charge on any atom is -0.379 e. The Kier molecular flexibility index (Phi) is 8.12. The Labute approximate surface area is 209 Å². The number of aromatic nitrogens is 5. The summed E-state index contributed by atoms with van der Waals surface area (Å²) in [5, 5.41) is 7.39. The fourth-order valence-corrected chi connectivity index (χ4v) is 4.02. The van der Waals surface area contributed by atoms with Crippen LogP contribution in [0.5, 0.6) is 0 Å². The molecule has 0 unspecified atom stereocenters. The Morgan fingerprint density at radius 3 is 2.76 bits per heavy atom. The van der Waals surface area contributed by atoms with Crippen LogP contribution in [-0.4, -0.2) is 68.6 Å². The average molecular weight is 501 g/mol. The number of ether oxygens (including phenoxy) is 1. The van der Waals surface area contributed by atoms with Crippen LogP contribution in [0.2, 0.25) is 5.02 Å². The van der Waals surface area contributed by atoms with Crippen LogP contribution >= 0.6 is 24.0 Å². The molecular weight excluding hydrogens is 475 g/mol. The third-order valence-corrected chi connectivity index (χ3v) is 5.74. The predicted molar refractivity (Wildman–Crippen MR) is 136 cm³/mol. The second-order valence-corrected chi connectivity index (χ2v) is 8.18. The molecule has 4 aromatic rings. The third kappa shape index (κ3) is 5.74. The van der Waals surface area contributed by atoms with Gasteiger partial charge in [-0.3, -0.25) is 9.30 Å². The molecule has 11 heteroatoms. The van der Waals surface area contributed by atoms with E-state index < -0.39 is 0 Å². The van der Waals surface area contributed by atoms with Gasteiger partial charge in [-0.1, -0.05) is 23.7 Å². The molecular formula is C23H26Cl2N8O. The number of rotatable bonds is 8. The van der Waals surface area contributed by atoms with Gasteiger partial charge in [0.2, 0.25) is 5.95 Å². The highest BCUT2D eigenvalue weighted by atomic mass is 35.5. The van der Waals surface area contributed by atoms with Gasteiger partial charge in [-0.2, -0.15) is 0 Å². The quantitative estimate of drug-likeness (QED) is 0.378. The molecule has 0 amide bonds. The van der Waals surface area contributed by atoms with Crippen molar-refractivity contribution in [2.45, 2.75) is 6.54 Å². The Hall–Kier alpha value is -2.98. The molecule has 2 N–H and O–H groups in total. The van der Waals surface area contributed by atoms with E-state index in [-0.39, 0.29) is 12.4 Å². The molecule has 34 heavy (non-hydrogen) atoms. The van der Waals surface area contributed by atoms with Crippen molar-refractivity contribution in [2.24, 2.45) is 0 Å². The molecule has 1 aliphatic rings. The van der Waals surface area contributed by atoms with Crippen LogP contribution in [0.25, 0.3) is 17.0 Å². The van der Waals surface area contributed by atoms with E-state index in [2.05, 4.69) is 35.5 Å². The summed E-state index contributed by atoms with van der Waals surface area (Å²) < 4.78 is 7.40. The topological polar surface area (TPSA) is 92.5 Å². The van der Waals surface area contributed by atoms with Gasteiger partial charge in [-0.05, 0) is 23.8 Å². The maximum absolute atomic E-state index is 6.07. The van der Waals surface area contributed by atoms with E-state index in [1.807, 2.05) is 47.1 Å². The summed E-state index contributed by atoms with van der Waals surface area (Å²) in [6.07, 6.45) is 7.22. The number of hydrogen-bond acceptors (Lipinski definition) is 8. The minimum absolute atomic E-state index is 0. The molecule has 1 fully saturated rings. The largest absolute Gasteiger partial charge is 0.379 e. The highest BCUT2D eigenvalue weighted by Crippen LogP contribution is 2.22. The first-order valence-electron chi connectivity index (χ1n) is 10.9. The lowest BCUT2D eigenvalue weighted by atomic mass is 10.2. The molecule has 1 aliphatic heterocycles. The summed E-state index contributed by atoms with van der Waals surface area (Å²) in [5.74, 6) is 1.30. The maximum atomic E-state index is 6.07. The van der Waals surface area contributed by atoms with Crippen LogP contribution < -0.4 is 10.6 Å². The van der Waals surface area contributed by atoms with E-state index >= 15 is 0 Å². The van der Waals surface area contributed by atoms with Crippen molar-refractivity contribution >= 4 is 41.4 Å². The summed E-state index contributed by atoms with van der Waals surface area (Å²) in [6.45, 7) is 5.84. The number of nitrogens with one attached hydrogen (secondary N) is 2. The van der Waals surface area contributed by atoms with E-state index in [1.165, 1.54) is 0 Å². The van der Waals surface area contributed by atoms with Crippen LogP contribution in [0.1, 0.15) is 5.56 Å². The van der Waals surface area contributed by atoms with Crippen molar-refractivity contribution in [3.63, 3.8) is 0 Å². The Morgan fingerprint density at radius 2 is 1.91 bits per heavy atom. The summed E-state index contributed by atoms with van der Waals surface area (Å²) >= 11 is 6.07. The van der Waals surface area contributed by atoms with Gasteiger partial charge in [0.05, 0.1) is 30.8 Å². The second kappa shape index (κ2) is 11.4. The molecule has 1 saturated heterocycles. The normalized spacial score (nSPS) is 14.0. The molecule has 178 valence electrons. The monoisotopic (exact) mass is 500 g/mol.